The first-order valence-corrected chi connectivity index (χ1v) is 6.15. The van der Waals surface area contributed by atoms with E-state index < -0.39 is 5.97 Å². The molecule has 1 heterocycles. The van der Waals surface area contributed by atoms with Gasteiger partial charge in [-0.25, -0.2) is 4.79 Å². The van der Waals surface area contributed by atoms with Gasteiger partial charge in [0.2, 0.25) is 5.76 Å². The van der Waals surface area contributed by atoms with Crippen molar-refractivity contribution in [2.45, 2.75) is 6.54 Å². The van der Waals surface area contributed by atoms with E-state index in [1.165, 1.54) is 6.07 Å². The van der Waals surface area contributed by atoms with Gasteiger partial charge in [-0.3, -0.25) is 0 Å². The summed E-state index contributed by atoms with van der Waals surface area (Å²) < 4.78 is 5.81. The SMILES string of the molecule is N#Cc1c(Br)cccc1NCc1ccc(C(=O)O)o1. The number of carbonyl (C=O) groups is 1. The summed E-state index contributed by atoms with van der Waals surface area (Å²) in [5, 5.41) is 20.8. The van der Waals surface area contributed by atoms with Gasteiger partial charge in [-0.2, -0.15) is 5.26 Å². The summed E-state index contributed by atoms with van der Waals surface area (Å²) in [6.45, 7) is 0.304. The first-order chi connectivity index (χ1) is 9.11. The monoisotopic (exact) mass is 320 g/mol. The fourth-order valence-corrected chi connectivity index (χ4v) is 2.01. The van der Waals surface area contributed by atoms with Crippen LogP contribution in [0.1, 0.15) is 21.9 Å². The highest BCUT2D eigenvalue weighted by atomic mass is 79.9. The third kappa shape index (κ3) is 2.95. The summed E-state index contributed by atoms with van der Waals surface area (Å²) in [6.07, 6.45) is 0. The Morgan fingerprint density at radius 3 is 2.84 bits per heavy atom. The molecule has 0 unspecified atom stereocenters. The molecule has 0 spiro atoms. The predicted molar refractivity (Wildman–Crippen MR) is 71.9 cm³/mol. The minimum absolute atomic E-state index is 0.105. The summed E-state index contributed by atoms with van der Waals surface area (Å²) in [5.41, 5.74) is 1.15. The molecule has 6 heteroatoms. The van der Waals surface area contributed by atoms with Crippen LogP contribution in [0, 0.1) is 11.3 Å². The molecular weight excluding hydrogens is 312 g/mol. The molecule has 0 atom stereocenters. The van der Waals surface area contributed by atoms with Crippen LogP contribution in [0.3, 0.4) is 0 Å². The Hall–Kier alpha value is -2.26. The zero-order valence-electron chi connectivity index (χ0n) is 9.68. The van der Waals surface area contributed by atoms with Gasteiger partial charge in [-0.15, -0.1) is 0 Å². The number of halogens is 1. The third-order valence-electron chi connectivity index (χ3n) is 2.45. The number of carboxylic acid groups (broad SMARTS) is 1. The van der Waals surface area contributed by atoms with E-state index in [0.29, 0.717) is 28.0 Å². The lowest BCUT2D eigenvalue weighted by atomic mass is 10.2. The molecule has 0 aliphatic heterocycles. The molecule has 0 fully saturated rings. The quantitative estimate of drug-likeness (QED) is 0.903. The number of furan rings is 1. The summed E-state index contributed by atoms with van der Waals surface area (Å²) in [4.78, 5) is 10.7. The highest BCUT2D eigenvalue weighted by Gasteiger charge is 2.10. The summed E-state index contributed by atoms with van der Waals surface area (Å²) in [7, 11) is 0. The van der Waals surface area contributed by atoms with E-state index in [1.807, 2.05) is 0 Å². The number of hydrogen-bond donors (Lipinski definition) is 2. The Morgan fingerprint density at radius 1 is 1.42 bits per heavy atom. The van der Waals surface area contributed by atoms with E-state index in [9.17, 15) is 4.79 Å². The molecule has 1 aromatic heterocycles. The lowest BCUT2D eigenvalue weighted by Crippen LogP contribution is -2.01. The number of rotatable bonds is 4. The second-order valence-corrected chi connectivity index (χ2v) is 4.55. The maximum atomic E-state index is 10.7. The normalized spacial score (nSPS) is 9.89. The van der Waals surface area contributed by atoms with Crippen LogP contribution in [-0.2, 0) is 6.54 Å². The second-order valence-electron chi connectivity index (χ2n) is 3.70. The third-order valence-corrected chi connectivity index (χ3v) is 3.11. The van der Waals surface area contributed by atoms with Crippen molar-refractivity contribution in [3.05, 3.63) is 51.9 Å². The average molecular weight is 321 g/mol. The summed E-state index contributed by atoms with van der Waals surface area (Å²) in [5.74, 6) is -0.723. The van der Waals surface area contributed by atoms with Gasteiger partial charge in [0.15, 0.2) is 0 Å². The number of nitrogens with zero attached hydrogens (tertiary/aromatic N) is 1. The van der Waals surface area contributed by atoms with E-state index in [0.717, 1.165) is 0 Å². The van der Waals surface area contributed by atoms with E-state index in [1.54, 1.807) is 24.3 Å². The second kappa shape index (κ2) is 5.59. The van der Waals surface area contributed by atoms with Crippen molar-refractivity contribution in [3.63, 3.8) is 0 Å². The predicted octanol–water partition coefficient (Wildman–Crippen LogP) is 3.22. The maximum absolute atomic E-state index is 10.7. The fourth-order valence-electron chi connectivity index (χ4n) is 1.56. The Kier molecular flexibility index (Phi) is 3.88. The number of nitrogens with one attached hydrogen (secondary N) is 1. The van der Waals surface area contributed by atoms with Crippen molar-refractivity contribution < 1.29 is 14.3 Å². The van der Waals surface area contributed by atoms with E-state index in [4.69, 9.17) is 14.8 Å². The van der Waals surface area contributed by atoms with Crippen molar-refractivity contribution in [3.8, 4) is 6.07 Å². The van der Waals surface area contributed by atoms with Crippen molar-refractivity contribution >= 4 is 27.6 Å². The van der Waals surface area contributed by atoms with Crippen LogP contribution >= 0.6 is 15.9 Å². The number of hydrogen-bond acceptors (Lipinski definition) is 4. The van der Waals surface area contributed by atoms with Crippen LogP contribution in [-0.4, -0.2) is 11.1 Å². The lowest BCUT2D eigenvalue weighted by Gasteiger charge is -2.07. The van der Waals surface area contributed by atoms with Crippen LogP contribution in [0.2, 0.25) is 0 Å². The van der Waals surface area contributed by atoms with Gasteiger partial charge in [0, 0.05) is 4.47 Å². The van der Waals surface area contributed by atoms with Gasteiger partial charge in [0.1, 0.15) is 11.8 Å². The van der Waals surface area contributed by atoms with E-state index >= 15 is 0 Å². The van der Waals surface area contributed by atoms with Crippen LogP contribution in [0.25, 0.3) is 0 Å². The topological polar surface area (TPSA) is 86.3 Å². The lowest BCUT2D eigenvalue weighted by molar-refractivity contribution is 0.0660. The Bertz CT molecular complexity index is 658. The maximum Gasteiger partial charge on any atom is 0.371 e. The molecule has 0 saturated heterocycles. The van der Waals surface area contributed by atoms with Gasteiger partial charge >= 0.3 is 5.97 Å². The van der Waals surface area contributed by atoms with Gasteiger partial charge in [-0.1, -0.05) is 6.07 Å². The fraction of sp³-hybridized carbons (Fsp3) is 0.0769. The molecule has 0 saturated carbocycles. The van der Waals surface area contributed by atoms with Crippen LogP contribution < -0.4 is 5.32 Å². The molecule has 0 aliphatic carbocycles. The molecule has 0 bridgehead atoms. The molecular formula is C13H9BrN2O3. The molecule has 0 radical (unpaired) electrons. The molecule has 1 aromatic carbocycles. The van der Waals surface area contributed by atoms with Crippen molar-refractivity contribution in [1.82, 2.24) is 0 Å². The Balaban J connectivity index is 2.12. The first-order valence-electron chi connectivity index (χ1n) is 5.36. The molecule has 5 nitrogen and oxygen atoms in total. The standard InChI is InChI=1S/C13H9BrN2O3/c14-10-2-1-3-11(9(10)6-15)16-7-8-4-5-12(19-8)13(17)18/h1-5,16H,7H2,(H,17,18). The average Bonchev–Trinajstić information content (AvgIpc) is 2.85. The number of benzene rings is 1. The van der Waals surface area contributed by atoms with Gasteiger partial charge in [0.05, 0.1) is 17.8 Å². The number of nitriles is 1. The smallest absolute Gasteiger partial charge is 0.371 e. The molecule has 0 aliphatic rings. The zero-order valence-corrected chi connectivity index (χ0v) is 11.3. The first kappa shape index (κ1) is 13.2. The van der Waals surface area contributed by atoms with Crippen LogP contribution in [0.15, 0.2) is 39.2 Å². The van der Waals surface area contributed by atoms with Crippen molar-refractivity contribution in [1.29, 1.82) is 5.26 Å². The Morgan fingerprint density at radius 2 is 2.21 bits per heavy atom. The molecule has 2 aromatic rings. The Labute approximate surface area is 117 Å². The molecule has 2 rings (SSSR count). The van der Waals surface area contributed by atoms with Gasteiger partial charge in [-0.05, 0) is 40.2 Å². The molecule has 2 N–H and O–H groups in total. The molecule has 0 amide bonds. The van der Waals surface area contributed by atoms with E-state index in [-0.39, 0.29) is 5.76 Å². The minimum atomic E-state index is -1.11. The number of aromatic carboxylic acids is 1. The molecule has 96 valence electrons. The summed E-state index contributed by atoms with van der Waals surface area (Å²) in [6, 6.07) is 10.4. The number of carboxylic acids is 1. The van der Waals surface area contributed by atoms with Crippen LogP contribution in [0.5, 0.6) is 0 Å². The van der Waals surface area contributed by atoms with Crippen LogP contribution in [0.4, 0.5) is 5.69 Å². The highest BCUT2D eigenvalue weighted by molar-refractivity contribution is 9.10. The molecule has 19 heavy (non-hydrogen) atoms. The summed E-state index contributed by atoms with van der Waals surface area (Å²) >= 11 is 3.29. The largest absolute Gasteiger partial charge is 0.475 e. The minimum Gasteiger partial charge on any atom is -0.475 e. The number of anilines is 1. The zero-order chi connectivity index (χ0) is 13.8. The highest BCUT2D eigenvalue weighted by Crippen LogP contribution is 2.24. The van der Waals surface area contributed by atoms with E-state index in [2.05, 4.69) is 27.3 Å². The van der Waals surface area contributed by atoms with Gasteiger partial charge < -0.3 is 14.8 Å². The van der Waals surface area contributed by atoms with Crippen molar-refractivity contribution in [2.24, 2.45) is 0 Å². The van der Waals surface area contributed by atoms with Gasteiger partial charge in [0.25, 0.3) is 0 Å². The van der Waals surface area contributed by atoms with Crippen molar-refractivity contribution in [2.75, 3.05) is 5.32 Å².